The number of hydrogen-bond acceptors (Lipinski definition) is 2. The van der Waals surface area contributed by atoms with Gasteiger partial charge in [0.1, 0.15) is 0 Å². The van der Waals surface area contributed by atoms with E-state index in [4.69, 9.17) is 0 Å². The van der Waals surface area contributed by atoms with E-state index in [1.54, 1.807) is 12.4 Å². The van der Waals surface area contributed by atoms with Crippen LogP contribution in [0.3, 0.4) is 0 Å². The van der Waals surface area contributed by atoms with Crippen molar-refractivity contribution in [2.45, 2.75) is 19.9 Å². The number of amides is 1. The Hall–Kier alpha value is -2.10. The van der Waals surface area contributed by atoms with E-state index in [9.17, 15) is 4.79 Å². The number of aromatic amines is 1. The zero-order valence-corrected chi connectivity index (χ0v) is 9.73. The van der Waals surface area contributed by atoms with Crippen molar-refractivity contribution >= 4 is 5.91 Å². The molecule has 2 aromatic rings. The van der Waals surface area contributed by atoms with E-state index in [0.717, 1.165) is 23.1 Å². The van der Waals surface area contributed by atoms with Crippen LogP contribution in [0.1, 0.15) is 28.4 Å². The first kappa shape index (κ1) is 11.4. The monoisotopic (exact) mass is 229 g/mol. The van der Waals surface area contributed by atoms with Crippen LogP contribution in [0.4, 0.5) is 0 Å². The van der Waals surface area contributed by atoms with E-state index < -0.39 is 0 Å². The second kappa shape index (κ2) is 5.30. The molecule has 0 aliphatic heterocycles. The van der Waals surface area contributed by atoms with Gasteiger partial charge in [0.25, 0.3) is 5.91 Å². The molecule has 0 saturated carbocycles. The lowest BCUT2D eigenvalue weighted by atomic mass is 10.0. The number of nitrogens with zero attached hydrogens (tertiary/aromatic N) is 1. The second-order valence-corrected chi connectivity index (χ2v) is 3.80. The molecule has 0 spiro atoms. The molecule has 2 N–H and O–H groups in total. The largest absolute Gasteiger partial charge is 0.348 e. The van der Waals surface area contributed by atoms with E-state index in [1.165, 1.54) is 0 Å². The molecule has 0 aliphatic carbocycles. The number of nitrogens with one attached hydrogen (secondary N) is 2. The fourth-order valence-electron chi connectivity index (χ4n) is 1.70. The maximum absolute atomic E-state index is 12.0. The normalized spacial score (nSPS) is 10.2. The smallest absolute Gasteiger partial charge is 0.251 e. The molecule has 1 aromatic carbocycles. The molecule has 1 amide bonds. The zero-order chi connectivity index (χ0) is 12.1. The minimum Gasteiger partial charge on any atom is -0.348 e. The van der Waals surface area contributed by atoms with Gasteiger partial charge in [0.05, 0.1) is 6.20 Å². The highest BCUT2D eigenvalue weighted by atomic mass is 16.1. The van der Waals surface area contributed by atoms with Gasteiger partial charge in [-0.3, -0.25) is 9.89 Å². The molecule has 0 radical (unpaired) electrons. The van der Waals surface area contributed by atoms with Crippen LogP contribution in [0.2, 0.25) is 0 Å². The Bertz CT molecular complexity index is 491. The highest BCUT2D eigenvalue weighted by molar-refractivity contribution is 5.95. The summed E-state index contributed by atoms with van der Waals surface area (Å²) >= 11 is 0. The zero-order valence-electron chi connectivity index (χ0n) is 9.73. The molecule has 0 fully saturated rings. The third-order valence-electron chi connectivity index (χ3n) is 2.65. The molecule has 4 nitrogen and oxygen atoms in total. The molecule has 0 unspecified atom stereocenters. The highest BCUT2D eigenvalue weighted by Gasteiger charge is 2.09. The number of hydrogen-bond donors (Lipinski definition) is 2. The Morgan fingerprint density at radius 2 is 2.24 bits per heavy atom. The van der Waals surface area contributed by atoms with Gasteiger partial charge in [-0.2, -0.15) is 5.10 Å². The van der Waals surface area contributed by atoms with Gasteiger partial charge in [-0.1, -0.05) is 25.1 Å². The van der Waals surface area contributed by atoms with E-state index in [1.807, 2.05) is 31.2 Å². The standard InChI is InChI=1S/C13H15N3O/c1-2-11-5-3-4-6-12(11)13(17)14-7-10-8-15-16-9-10/h3-6,8-9H,2,7H2,1H3,(H,14,17)(H,15,16). The summed E-state index contributed by atoms with van der Waals surface area (Å²) in [6.45, 7) is 2.54. The molecule has 0 aliphatic rings. The van der Waals surface area contributed by atoms with Crippen LogP contribution in [-0.2, 0) is 13.0 Å². The van der Waals surface area contributed by atoms with Crippen molar-refractivity contribution in [3.63, 3.8) is 0 Å². The van der Waals surface area contributed by atoms with Crippen molar-refractivity contribution in [3.05, 3.63) is 53.3 Å². The summed E-state index contributed by atoms with van der Waals surface area (Å²) < 4.78 is 0. The number of benzene rings is 1. The summed E-state index contributed by atoms with van der Waals surface area (Å²) in [5.41, 5.74) is 2.78. The number of rotatable bonds is 4. The third-order valence-corrected chi connectivity index (χ3v) is 2.65. The van der Waals surface area contributed by atoms with Crippen LogP contribution < -0.4 is 5.32 Å². The van der Waals surface area contributed by atoms with E-state index in [2.05, 4.69) is 15.5 Å². The lowest BCUT2D eigenvalue weighted by Crippen LogP contribution is -2.23. The summed E-state index contributed by atoms with van der Waals surface area (Å²) in [4.78, 5) is 12.0. The fourth-order valence-corrected chi connectivity index (χ4v) is 1.70. The van der Waals surface area contributed by atoms with E-state index >= 15 is 0 Å². The first-order valence-corrected chi connectivity index (χ1v) is 5.65. The lowest BCUT2D eigenvalue weighted by molar-refractivity contribution is 0.0950. The van der Waals surface area contributed by atoms with Gasteiger partial charge in [0.2, 0.25) is 0 Å². The number of H-pyrrole nitrogens is 1. The van der Waals surface area contributed by atoms with Crippen molar-refractivity contribution < 1.29 is 4.79 Å². The Kier molecular flexibility index (Phi) is 3.55. The average molecular weight is 229 g/mol. The van der Waals surface area contributed by atoms with Crippen molar-refractivity contribution in [2.24, 2.45) is 0 Å². The molecule has 0 saturated heterocycles. The van der Waals surface area contributed by atoms with Crippen molar-refractivity contribution in [1.29, 1.82) is 0 Å². The maximum Gasteiger partial charge on any atom is 0.251 e. The summed E-state index contributed by atoms with van der Waals surface area (Å²) in [6, 6.07) is 7.66. The Labute approximate surface area is 100 Å². The van der Waals surface area contributed by atoms with E-state index in [-0.39, 0.29) is 5.91 Å². The van der Waals surface area contributed by atoms with Gasteiger partial charge >= 0.3 is 0 Å². The number of aryl methyl sites for hydroxylation is 1. The van der Waals surface area contributed by atoms with Crippen LogP contribution >= 0.6 is 0 Å². The Balaban J connectivity index is 2.04. The van der Waals surface area contributed by atoms with Crippen LogP contribution in [-0.4, -0.2) is 16.1 Å². The SMILES string of the molecule is CCc1ccccc1C(=O)NCc1cn[nH]c1. The van der Waals surface area contributed by atoms with Gasteiger partial charge in [0, 0.05) is 23.9 Å². The molecular weight excluding hydrogens is 214 g/mol. The first-order chi connectivity index (χ1) is 8.31. The minimum atomic E-state index is -0.0383. The quantitative estimate of drug-likeness (QED) is 0.841. The van der Waals surface area contributed by atoms with Crippen molar-refractivity contribution in [3.8, 4) is 0 Å². The molecule has 0 bridgehead atoms. The third kappa shape index (κ3) is 2.72. The number of carbonyl (C=O) groups excluding carboxylic acids is 1. The van der Waals surface area contributed by atoms with Gasteiger partial charge in [0.15, 0.2) is 0 Å². The summed E-state index contributed by atoms with van der Waals surface area (Å²) in [5, 5.41) is 9.42. The van der Waals surface area contributed by atoms with Crippen LogP contribution in [0.25, 0.3) is 0 Å². The molecular formula is C13H15N3O. The molecule has 0 atom stereocenters. The van der Waals surface area contributed by atoms with E-state index in [0.29, 0.717) is 6.54 Å². The molecule has 1 heterocycles. The van der Waals surface area contributed by atoms with Gasteiger partial charge in [-0.15, -0.1) is 0 Å². The number of aromatic nitrogens is 2. The predicted octanol–water partition coefficient (Wildman–Crippen LogP) is 1.90. The Morgan fingerprint density at radius 1 is 1.41 bits per heavy atom. The van der Waals surface area contributed by atoms with Crippen molar-refractivity contribution in [1.82, 2.24) is 15.5 Å². The van der Waals surface area contributed by atoms with Crippen molar-refractivity contribution in [2.75, 3.05) is 0 Å². The predicted molar refractivity (Wildman–Crippen MR) is 65.6 cm³/mol. The van der Waals surface area contributed by atoms with Crippen LogP contribution in [0.5, 0.6) is 0 Å². The van der Waals surface area contributed by atoms with Gasteiger partial charge < -0.3 is 5.32 Å². The molecule has 2 rings (SSSR count). The average Bonchev–Trinajstić information content (AvgIpc) is 2.89. The fraction of sp³-hybridized carbons (Fsp3) is 0.231. The van der Waals surface area contributed by atoms with Gasteiger partial charge in [-0.25, -0.2) is 0 Å². The summed E-state index contributed by atoms with van der Waals surface area (Å²) in [5.74, 6) is -0.0383. The molecule has 17 heavy (non-hydrogen) atoms. The highest BCUT2D eigenvalue weighted by Crippen LogP contribution is 2.09. The van der Waals surface area contributed by atoms with Crippen LogP contribution in [0, 0.1) is 0 Å². The van der Waals surface area contributed by atoms with Gasteiger partial charge in [-0.05, 0) is 18.1 Å². The molecule has 88 valence electrons. The summed E-state index contributed by atoms with van der Waals surface area (Å²) in [7, 11) is 0. The Morgan fingerprint density at radius 3 is 2.94 bits per heavy atom. The maximum atomic E-state index is 12.0. The summed E-state index contributed by atoms with van der Waals surface area (Å²) in [6.07, 6.45) is 4.33. The minimum absolute atomic E-state index is 0.0383. The second-order valence-electron chi connectivity index (χ2n) is 3.80. The first-order valence-electron chi connectivity index (χ1n) is 5.65. The molecule has 1 aromatic heterocycles. The topological polar surface area (TPSA) is 57.8 Å². The number of carbonyl (C=O) groups is 1. The van der Waals surface area contributed by atoms with Crippen LogP contribution in [0.15, 0.2) is 36.7 Å². The lowest BCUT2D eigenvalue weighted by Gasteiger charge is -2.07. The molecule has 4 heteroatoms.